The van der Waals surface area contributed by atoms with Crippen LogP contribution in [0.3, 0.4) is 0 Å². The van der Waals surface area contributed by atoms with E-state index in [0.717, 1.165) is 37.3 Å². The molecular formula is C13H21N3O2. The van der Waals surface area contributed by atoms with Gasteiger partial charge in [-0.15, -0.1) is 0 Å². The summed E-state index contributed by atoms with van der Waals surface area (Å²) in [7, 11) is 1.90. The van der Waals surface area contributed by atoms with Crippen molar-refractivity contribution in [2.75, 3.05) is 19.7 Å². The van der Waals surface area contributed by atoms with Crippen molar-refractivity contribution in [3.8, 4) is 0 Å². The van der Waals surface area contributed by atoms with Crippen molar-refractivity contribution < 1.29 is 9.90 Å². The lowest BCUT2D eigenvalue weighted by Gasteiger charge is -2.31. The monoisotopic (exact) mass is 251 g/mol. The highest BCUT2D eigenvalue weighted by Gasteiger charge is 2.25. The van der Waals surface area contributed by atoms with E-state index in [1.54, 1.807) is 6.92 Å². The molecule has 1 atom stereocenters. The van der Waals surface area contributed by atoms with Crippen LogP contribution in [0.15, 0.2) is 6.07 Å². The number of aryl methyl sites for hydroxylation is 1. The number of aliphatic hydroxyl groups excluding tert-OH is 1. The largest absolute Gasteiger partial charge is 0.396 e. The Bertz CT molecular complexity index is 428. The molecule has 0 saturated carbocycles. The molecule has 0 aromatic carbocycles. The average molecular weight is 251 g/mol. The summed E-state index contributed by atoms with van der Waals surface area (Å²) in [6.07, 6.45) is 2.75. The van der Waals surface area contributed by atoms with Gasteiger partial charge in [0.1, 0.15) is 0 Å². The van der Waals surface area contributed by atoms with E-state index in [1.165, 1.54) is 0 Å². The number of piperidine rings is 1. The topological polar surface area (TPSA) is 58.4 Å². The lowest BCUT2D eigenvalue weighted by molar-refractivity contribution is -0.130. The number of nitrogens with zero attached hydrogens (tertiary/aromatic N) is 3. The first-order valence-corrected chi connectivity index (χ1v) is 6.51. The summed E-state index contributed by atoms with van der Waals surface area (Å²) in [5, 5.41) is 13.5. The van der Waals surface area contributed by atoms with Crippen molar-refractivity contribution in [1.82, 2.24) is 14.7 Å². The fourth-order valence-electron chi connectivity index (χ4n) is 2.58. The maximum atomic E-state index is 11.4. The number of carbonyl (C=O) groups excluding carboxylic acids is 1. The van der Waals surface area contributed by atoms with Crippen LogP contribution in [0.5, 0.6) is 0 Å². The maximum Gasteiger partial charge on any atom is 0.219 e. The molecule has 1 aromatic rings. The molecule has 5 heteroatoms. The predicted molar refractivity (Wildman–Crippen MR) is 68.2 cm³/mol. The first kappa shape index (κ1) is 13.1. The highest BCUT2D eigenvalue weighted by molar-refractivity contribution is 5.73. The van der Waals surface area contributed by atoms with Gasteiger partial charge in [0.25, 0.3) is 0 Å². The van der Waals surface area contributed by atoms with Crippen molar-refractivity contribution >= 4 is 5.91 Å². The Morgan fingerprint density at radius 3 is 3.06 bits per heavy atom. The molecule has 2 heterocycles. The molecule has 5 nitrogen and oxygen atoms in total. The molecule has 0 radical (unpaired) electrons. The molecule has 1 N–H and O–H groups in total. The van der Waals surface area contributed by atoms with Gasteiger partial charge in [0.2, 0.25) is 5.91 Å². The highest BCUT2D eigenvalue weighted by atomic mass is 16.3. The molecule has 0 bridgehead atoms. The standard InChI is InChI=1S/C13H21N3O2/c1-10(18)16-6-3-4-11(9-16)13-8-12(5-7-17)15(2)14-13/h8,11,17H,3-7,9H2,1-2H3/t11-/m0/s1. The summed E-state index contributed by atoms with van der Waals surface area (Å²) < 4.78 is 1.83. The van der Waals surface area contributed by atoms with E-state index in [0.29, 0.717) is 12.3 Å². The Kier molecular flexibility index (Phi) is 4.01. The minimum Gasteiger partial charge on any atom is -0.396 e. The first-order chi connectivity index (χ1) is 8.61. The van der Waals surface area contributed by atoms with Gasteiger partial charge in [-0.2, -0.15) is 5.10 Å². The molecule has 1 fully saturated rings. The van der Waals surface area contributed by atoms with Gasteiger partial charge in [-0.25, -0.2) is 0 Å². The third-order valence-electron chi connectivity index (χ3n) is 3.65. The van der Waals surface area contributed by atoms with Crippen molar-refractivity contribution in [3.63, 3.8) is 0 Å². The number of rotatable bonds is 3. The molecule has 2 rings (SSSR count). The predicted octanol–water partition coefficient (Wildman–Crippen LogP) is 0.681. The minimum absolute atomic E-state index is 0.142. The molecule has 18 heavy (non-hydrogen) atoms. The van der Waals surface area contributed by atoms with Gasteiger partial charge in [0.15, 0.2) is 0 Å². The van der Waals surface area contributed by atoms with E-state index in [4.69, 9.17) is 5.11 Å². The van der Waals surface area contributed by atoms with Gasteiger partial charge in [0.05, 0.1) is 5.69 Å². The molecule has 1 saturated heterocycles. The summed E-state index contributed by atoms with van der Waals surface area (Å²) in [5.74, 6) is 0.479. The van der Waals surface area contributed by atoms with Crippen molar-refractivity contribution in [1.29, 1.82) is 0 Å². The van der Waals surface area contributed by atoms with Gasteiger partial charge < -0.3 is 10.0 Å². The fraction of sp³-hybridized carbons (Fsp3) is 0.692. The highest BCUT2D eigenvalue weighted by Crippen LogP contribution is 2.26. The van der Waals surface area contributed by atoms with Gasteiger partial charge in [-0.05, 0) is 18.9 Å². The van der Waals surface area contributed by atoms with Crippen LogP contribution in [-0.4, -0.2) is 45.4 Å². The van der Waals surface area contributed by atoms with Crippen molar-refractivity contribution in [3.05, 3.63) is 17.5 Å². The molecule has 1 amide bonds. The van der Waals surface area contributed by atoms with Crippen LogP contribution in [0.4, 0.5) is 0 Å². The molecule has 0 spiro atoms. The number of amides is 1. The van der Waals surface area contributed by atoms with Crippen molar-refractivity contribution in [2.24, 2.45) is 7.05 Å². The Morgan fingerprint density at radius 1 is 1.61 bits per heavy atom. The second kappa shape index (κ2) is 5.52. The Balaban J connectivity index is 2.11. The van der Waals surface area contributed by atoms with Crippen LogP contribution >= 0.6 is 0 Å². The lowest BCUT2D eigenvalue weighted by atomic mass is 9.94. The molecule has 0 aliphatic carbocycles. The van der Waals surface area contributed by atoms with Gasteiger partial charge in [-0.3, -0.25) is 9.48 Å². The van der Waals surface area contributed by atoms with Crippen LogP contribution in [0.25, 0.3) is 0 Å². The Labute approximate surface area is 107 Å². The van der Waals surface area contributed by atoms with Crippen LogP contribution in [0, 0.1) is 0 Å². The van der Waals surface area contributed by atoms with Crippen molar-refractivity contribution in [2.45, 2.75) is 32.1 Å². The zero-order valence-electron chi connectivity index (χ0n) is 11.1. The first-order valence-electron chi connectivity index (χ1n) is 6.51. The quantitative estimate of drug-likeness (QED) is 0.859. The number of aromatic nitrogens is 2. The van der Waals surface area contributed by atoms with Crippen LogP contribution in [-0.2, 0) is 18.3 Å². The third kappa shape index (κ3) is 2.72. The van der Waals surface area contributed by atoms with Crippen LogP contribution in [0.2, 0.25) is 0 Å². The molecular weight excluding hydrogens is 230 g/mol. The van der Waals surface area contributed by atoms with Gasteiger partial charge in [-0.1, -0.05) is 0 Å². The molecule has 1 aromatic heterocycles. The lowest BCUT2D eigenvalue weighted by Crippen LogP contribution is -2.37. The number of carbonyl (C=O) groups is 1. The number of likely N-dealkylation sites (tertiary alicyclic amines) is 1. The van der Waals surface area contributed by atoms with E-state index in [2.05, 4.69) is 11.2 Å². The van der Waals surface area contributed by atoms with E-state index >= 15 is 0 Å². The molecule has 0 unspecified atom stereocenters. The number of hydrogen-bond donors (Lipinski definition) is 1. The van der Waals surface area contributed by atoms with E-state index in [9.17, 15) is 4.79 Å². The van der Waals surface area contributed by atoms with Crippen LogP contribution < -0.4 is 0 Å². The Morgan fingerprint density at radius 2 is 2.39 bits per heavy atom. The smallest absolute Gasteiger partial charge is 0.219 e. The number of aliphatic hydroxyl groups is 1. The summed E-state index contributed by atoms with van der Waals surface area (Å²) in [6.45, 7) is 3.40. The maximum absolute atomic E-state index is 11.4. The molecule has 1 aliphatic heterocycles. The second-order valence-corrected chi connectivity index (χ2v) is 4.96. The van der Waals surface area contributed by atoms with E-state index in [1.807, 2.05) is 16.6 Å². The van der Waals surface area contributed by atoms with Gasteiger partial charge >= 0.3 is 0 Å². The van der Waals surface area contributed by atoms with E-state index < -0.39 is 0 Å². The SMILES string of the molecule is CC(=O)N1CCC[C@H](c2cc(CCO)n(C)n2)C1. The van der Waals surface area contributed by atoms with E-state index in [-0.39, 0.29) is 12.5 Å². The average Bonchev–Trinajstić information content (AvgIpc) is 2.72. The Hall–Kier alpha value is -1.36. The summed E-state index contributed by atoms with van der Waals surface area (Å²) in [4.78, 5) is 13.3. The molecule has 100 valence electrons. The second-order valence-electron chi connectivity index (χ2n) is 4.96. The van der Waals surface area contributed by atoms with Crippen LogP contribution in [0.1, 0.15) is 37.1 Å². The zero-order valence-corrected chi connectivity index (χ0v) is 11.1. The zero-order chi connectivity index (χ0) is 13.1. The summed E-state index contributed by atoms with van der Waals surface area (Å²) in [6, 6.07) is 2.06. The molecule has 1 aliphatic rings. The normalized spacial score (nSPS) is 20.2. The minimum atomic E-state index is 0.142. The summed E-state index contributed by atoms with van der Waals surface area (Å²) >= 11 is 0. The number of hydrogen-bond acceptors (Lipinski definition) is 3. The van der Waals surface area contributed by atoms with Gasteiger partial charge in [0, 0.05) is 51.7 Å². The fourth-order valence-corrected chi connectivity index (χ4v) is 2.58. The summed E-state index contributed by atoms with van der Waals surface area (Å²) in [5.41, 5.74) is 2.10. The third-order valence-corrected chi connectivity index (χ3v) is 3.65.